The lowest BCUT2D eigenvalue weighted by Crippen LogP contribution is -2.37. The van der Waals surface area contributed by atoms with Crippen molar-refractivity contribution in [3.8, 4) is 5.75 Å². The van der Waals surface area contributed by atoms with Crippen LogP contribution in [0.5, 0.6) is 5.75 Å². The Balaban J connectivity index is 0.00000280. The number of guanidine groups is 1. The molecule has 2 N–H and O–H groups in total. The molecule has 0 radical (unpaired) electrons. The molecule has 3 rings (SSSR count). The minimum Gasteiger partial charge on any atom is -0.497 e. The average molecular weight is 498 g/mol. The second-order valence-electron chi connectivity index (χ2n) is 6.80. The minimum atomic E-state index is 0. The molecule has 0 unspecified atom stereocenters. The standard InChI is InChI=1S/C20H30N6O.HI/c1-21-20(23-15-16-9-11-17(27-2)12-10-16)22-13-6-8-19-25-24-18-7-4-3-5-14-26(18)19;/h9-12H,3-8,13-15H2,1-2H3,(H2,21,22,23);1H. The van der Waals surface area contributed by atoms with Crippen LogP contribution in [-0.2, 0) is 25.9 Å². The first-order valence-electron chi connectivity index (χ1n) is 9.78. The van der Waals surface area contributed by atoms with Gasteiger partial charge in [-0.15, -0.1) is 34.2 Å². The third kappa shape index (κ3) is 6.35. The molecule has 1 aromatic carbocycles. The lowest BCUT2D eigenvalue weighted by molar-refractivity contribution is 0.414. The summed E-state index contributed by atoms with van der Waals surface area (Å²) in [6.45, 7) is 2.64. The van der Waals surface area contributed by atoms with Gasteiger partial charge in [0.2, 0.25) is 0 Å². The predicted octanol–water partition coefficient (Wildman–Crippen LogP) is 2.93. The van der Waals surface area contributed by atoms with Crippen LogP contribution in [0, 0.1) is 0 Å². The quantitative estimate of drug-likeness (QED) is 0.266. The van der Waals surface area contributed by atoms with Crippen LogP contribution in [-0.4, -0.2) is 41.4 Å². The number of hydrogen-bond acceptors (Lipinski definition) is 4. The van der Waals surface area contributed by atoms with E-state index in [1.54, 1.807) is 14.2 Å². The Morgan fingerprint density at radius 1 is 1.14 bits per heavy atom. The van der Waals surface area contributed by atoms with Crippen LogP contribution < -0.4 is 15.4 Å². The zero-order chi connectivity index (χ0) is 18.9. The fourth-order valence-corrected chi connectivity index (χ4v) is 3.33. The van der Waals surface area contributed by atoms with Crippen molar-refractivity contribution in [2.45, 2.75) is 51.6 Å². The summed E-state index contributed by atoms with van der Waals surface area (Å²) < 4.78 is 7.51. The first-order chi connectivity index (χ1) is 13.3. The van der Waals surface area contributed by atoms with E-state index in [9.17, 15) is 0 Å². The second-order valence-corrected chi connectivity index (χ2v) is 6.80. The predicted molar refractivity (Wildman–Crippen MR) is 123 cm³/mol. The highest BCUT2D eigenvalue weighted by Crippen LogP contribution is 2.15. The number of hydrogen-bond donors (Lipinski definition) is 2. The average Bonchev–Trinajstić information content (AvgIpc) is 2.94. The Labute approximate surface area is 184 Å². The summed E-state index contributed by atoms with van der Waals surface area (Å²) >= 11 is 0. The van der Waals surface area contributed by atoms with Crippen molar-refractivity contribution in [3.05, 3.63) is 41.5 Å². The molecule has 28 heavy (non-hydrogen) atoms. The number of nitrogens with one attached hydrogen (secondary N) is 2. The molecule has 8 heteroatoms. The molecule has 1 aliphatic rings. The van der Waals surface area contributed by atoms with E-state index in [2.05, 4.69) is 42.5 Å². The number of nitrogens with zero attached hydrogens (tertiary/aromatic N) is 4. The normalized spacial score (nSPS) is 13.9. The van der Waals surface area contributed by atoms with Gasteiger partial charge < -0.3 is 19.9 Å². The Kier molecular flexibility index (Phi) is 9.52. The Bertz CT molecular complexity index is 744. The summed E-state index contributed by atoms with van der Waals surface area (Å²) in [7, 11) is 3.47. The van der Waals surface area contributed by atoms with E-state index in [0.29, 0.717) is 0 Å². The van der Waals surface area contributed by atoms with Gasteiger partial charge in [0.25, 0.3) is 0 Å². The van der Waals surface area contributed by atoms with Crippen molar-refractivity contribution >= 4 is 29.9 Å². The van der Waals surface area contributed by atoms with Crippen molar-refractivity contribution in [2.75, 3.05) is 20.7 Å². The molecule has 2 heterocycles. The maximum absolute atomic E-state index is 5.19. The van der Waals surface area contributed by atoms with Crippen LogP contribution in [0.2, 0.25) is 0 Å². The number of aromatic nitrogens is 3. The fourth-order valence-electron chi connectivity index (χ4n) is 3.33. The molecular formula is C20H31IN6O. The van der Waals surface area contributed by atoms with E-state index < -0.39 is 0 Å². The van der Waals surface area contributed by atoms with E-state index in [4.69, 9.17) is 4.74 Å². The molecule has 0 spiro atoms. The maximum Gasteiger partial charge on any atom is 0.191 e. The Hall–Kier alpha value is -1.84. The zero-order valence-electron chi connectivity index (χ0n) is 16.8. The van der Waals surface area contributed by atoms with Gasteiger partial charge in [-0.25, -0.2) is 0 Å². The first kappa shape index (κ1) is 22.4. The van der Waals surface area contributed by atoms with Gasteiger partial charge in [0.1, 0.15) is 17.4 Å². The van der Waals surface area contributed by atoms with E-state index in [-0.39, 0.29) is 24.0 Å². The van der Waals surface area contributed by atoms with E-state index in [0.717, 1.165) is 62.3 Å². The summed E-state index contributed by atoms with van der Waals surface area (Å²) in [6, 6.07) is 8.04. The van der Waals surface area contributed by atoms with Crippen molar-refractivity contribution in [2.24, 2.45) is 4.99 Å². The number of rotatable bonds is 7. The second kappa shape index (κ2) is 11.9. The number of fused-ring (bicyclic) bond motifs is 1. The van der Waals surface area contributed by atoms with Gasteiger partial charge in [0.05, 0.1) is 7.11 Å². The number of ether oxygens (including phenoxy) is 1. The van der Waals surface area contributed by atoms with Crippen LogP contribution >= 0.6 is 24.0 Å². The number of methoxy groups -OCH3 is 1. The third-order valence-corrected chi connectivity index (χ3v) is 4.90. The lowest BCUT2D eigenvalue weighted by atomic mass is 10.2. The molecule has 0 fully saturated rings. The first-order valence-corrected chi connectivity index (χ1v) is 9.78. The molecule has 7 nitrogen and oxygen atoms in total. The van der Waals surface area contributed by atoms with Crippen LogP contribution in [0.4, 0.5) is 0 Å². The van der Waals surface area contributed by atoms with Gasteiger partial charge in [0, 0.05) is 39.5 Å². The fraction of sp³-hybridized carbons (Fsp3) is 0.550. The lowest BCUT2D eigenvalue weighted by Gasteiger charge is -2.12. The molecule has 0 amide bonds. The highest BCUT2D eigenvalue weighted by Gasteiger charge is 2.14. The van der Waals surface area contributed by atoms with Crippen LogP contribution in [0.1, 0.15) is 42.9 Å². The third-order valence-electron chi connectivity index (χ3n) is 4.90. The molecule has 1 aromatic heterocycles. The summed E-state index contributed by atoms with van der Waals surface area (Å²) in [5.41, 5.74) is 1.19. The van der Waals surface area contributed by atoms with E-state index >= 15 is 0 Å². The summed E-state index contributed by atoms with van der Waals surface area (Å²) in [5, 5.41) is 15.5. The van der Waals surface area contributed by atoms with Gasteiger partial charge in [0.15, 0.2) is 5.96 Å². The zero-order valence-corrected chi connectivity index (χ0v) is 19.1. The number of aliphatic imine (C=N–C) groups is 1. The molecule has 2 aromatic rings. The smallest absolute Gasteiger partial charge is 0.191 e. The topological polar surface area (TPSA) is 76.4 Å². The Morgan fingerprint density at radius 2 is 1.96 bits per heavy atom. The number of benzene rings is 1. The van der Waals surface area contributed by atoms with Gasteiger partial charge in [-0.05, 0) is 37.0 Å². The molecule has 0 saturated heterocycles. The molecular weight excluding hydrogens is 467 g/mol. The molecule has 1 aliphatic heterocycles. The van der Waals surface area contributed by atoms with Crippen molar-refractivity contribution < 1.29 is 4.74 Å². The van der Waals surface area contributed by atoms with Crippen molar-refractivity contribution in [1.29, 1.82) is 0 Å². The molecule has 0 bridgehead atoms. The molecule has 0 atom stereocenters. The molecule has 0 saturated carbocycles. The maximum atomic E-state index is 5.19. The van der Waals surface area contributed by atoms with Gasteiger partial charge in [-0.1, -0.05) is 18.6 Å². The molecule has 0 aliphatic carbocycles. The van der Waals surface area contributed by atoms with Crippen LogP contribution in [0.15, 0.2) is 29.3 Å². The highest BCUT2D eigenvalue weighted by molar-refractivity contribution is 14.0. The molecule has 154 valence electrons. The van der Waals surface area contributed by atoms with Gasteiger partial charge >= 0.3 is 0 Å². The van der Waals surface area contributed by atoms with Gasteiger partial charge in [-0.3, -0.25) is 4.99 Å². The Morgan fingerprint density at radius 3 is 2.71 bits per heavy atom. The highest BCUT2D eigenvalue weighted by atomic mass is 127. The number of halogens is 1. The summed E-state index contributed by atoms with van der Waals surface area (Å²) in [4.78, 5) is 4.29. The van der Waals surface area contributed by atoms with Crippen LogP contribution in [0.3, 0.4) is 0 Å². The van der Waals surface area contributed by atoms with E-state index in [1.165, 1.54) is 24.8 Å². The van der Waals surface area contributed by atoms with Gasteiger partial charge in [-0.2, -0.15) is 0 Å². The SMILES string of the molecule is CN=C(NCCCc1nnc2n1CCCCC2)NCc1ccc(OC)cc1.I. The summed E-state index contributed by atoms with van der Waals surface area (Å²) in [6.07, 6.45) is 6.76. The van der Waals surface area contributed by atoms with E-state index in [1.807, 2.05) is 12.1 Å². The largest absolute Gasteiger partial charge is 0.497 e. The van der Waals surface area contributed by atoms with Crippen LogP contribution in [0.25, 0.3) is 0 Å². The van der Waals surface area contributed by atoms with Crippen molar-refractivity contribution in [3.63, 3.8) is 0 Å². The monoisotopic (exact) mass is 498 g/mol. The van der Waals surface area contributed by atoms with Crippen molar-refractivity contribution in [1.82, 2.24) is 25.4 Å². The summed E-state index contributed by atoms with van der Waals surface area (Å²) in [5.74, 6) is 3.96. The number of aryl methyl sites for hydroxylation is 2. The minimum absolute atomic E-state index is 0.